The topological polar surface area (TPSA) is 88.5 Å². The fourth-order valence-electron chi connectivity index (χ4n) is 1.79. The molecule has 1 aliphatic heterocycles. The van der Waals surface area contributed by atoms with Gasteiger partial charge < -0.3 is 9.84 Å². The summed E-state index contributed by atoms with van der Waals surface area (Å²) in [5.41, 5.74) is 0.143. The van der Waals surface area contributed by atoms with Gasteiger partial charge >= 0.3 is 11.9 Å². The van der Waals surface area contributed by atoms with Gasteiger partial charge in [-0.05, 0) is 20.8 Å². The van der Waals surface area contributed by atoms with Crippen LogP contribution >= 0.6 is 11.3 Å². The Morgan fingerprint density at radius 1 is 1.47 bits per heavy atom. The van der Waals surface area contributed by atoms with Crippen LogP contribution in [0.4, 0.5) is 0 Å². The monoisotopic (exact) mass is 284 g/mol. The number of nitrogens with zero attached hydrogens (tertiary/aromatic N) is 1. The molecule has 0 aliphatic carbocycles. The highest BCUT2D eigenvalue weighted by Gasteiger charge is 2.31. The van der Waals surface area contributed by atoms with E-state index in [4.69, 9.17) is 9.84 Å². The fourth-order valence-corrected chi connectivity index (χ4v) is 2.67. The Hall–Kier alpha value is -1.47. The number of fused-ring (bicyclic) bond motifs is 1. The molecule has 19 heavy (non-hydrogen) atoms. The summed E-state index contributed by atoms with van der Waals surface area (Å²) in [7, 11) is 0. The minimum Gasteiger partial charge on any atom is -0.476 e. The average Bonchev–Trinajstić information content (AvgIpc) is 2.69. The van der Waals surface area contributed by atoms with Crippen molar-refractivity contribution in [2.45, 2.75) is 45.4 Å². The zero-order valence-corrected chi connectivity index (χ0v) is 11.8. The molecular formula is C12H16N2O4S. The molecule has 0 aromatic carbocycles. The summed E-state index contributed by atoms with van der Waals surface area (Å²) >= 11 is 1.15. The van der Waals surface area contributed by atoms with Gasteiger partial charge in [0.25, 0.3) is 0 Å². The third kappa shape index (κ3) is 3.30. The van der Waals surface area contributed by atoms with Crippen LogP contribution in [-0.2, 0) is 22.5 Å². The van der Waals surface area contributed by atoms with E-state index in [9.17, 15) is 9.59 Å². The van der Waals surface area contributed by atoms with Gasteiger partial charge in [0.1, 0.15) is 11.6 Å². The first kappa shape index (κ1) is 14.0. The van der Waals surface area contributed by atoms with Crippen LogP contribution in [0.15, 0.2) is 0 Å². The summed E-state index contributed by atoms with van der Waals surface area (Å²) in [5, 5.41) is 12.0. The van der Waals surface area contributed by atoms with E-state index in [0.717, 1.165) is 16.2 Å². The van der Waals surface area contributed by atoms with Gasteiger partial charge in [-0.15, -0.1) is 11.3 Å². The Labute approximate surface area is 114 Å². The molecule has 2 heterocycles. The number of aromatic carboxylic acids is 1. The summed E-state index contributed by atoms with van der Waals surface area (Å²) < 4.78 is 5.30. The van der Waals surface area contributed by atoms with Crippen molar-refractivity contribution in [2.24, 2.45) is 0 Å². The number of carbonyl (C=O) groups is 2. The maximum Gasteiger partial charge on any atom is 0.365 e. The highest BCUT2D eigenvalue weighted by molar-refractivity contribution is 7.13. The number of carbonyl (C=O) groups excluding carboxylic acids is 1. The first-order valence-electron chi connectivity index (χ1n) is 5.94. The number of aromatic nitrogens is 1. The van der Waals surface area contributed by atoms with Crippen LogP contribution in [0.1, 0.15) is 41.1 Å². The van der Waals surface area contributed by atoms with Crippen molar-refractivity contribution < 1.29 is 19.4 Å². The van der Waals surface area contributed by atoms with Gasteiger partial charge in [-0.25, -0.2) is 9.78 Å². The number of hydrogen-bond donors (Lipinski definition) is 2. The lowest BCUT2D eigenvalue weighted by molar-refractivity contribution is -0.157. The van der Waals surface area contributed by atoms with E-state index in [0.29, 0.717) is 18.7 Å². The second-order valence-corrected chi connectivity index (χ2v) is 6.45. The molecule has 2 N–H and O–H groups in total. The van der Waals surface area contributed by atoms with Gasteiger partial charge in [-0.1, -0.05) is 0 Å². The molecule has 1 aromatic heterocycles. The summed E-state index contributed by atoms with van der Waals surface area (Å²) in [6, 6.07) is -0.463. The number of ether oxygens (including phenoxy) is 1. The van der Waals surface area contributed by atoms with Crippen LogP contribution < -0.4 is 5.32 Å². The predicted octanol–water partition coefficient (Wildman–Crippen LogP) is 1.20. The van der Waals surface area contributed by atoms with E-state index in [1.54, 1.807) is 0 Å². The summed E-state index contributed by atoms with van der Waals surface area (Å²) in [6.07, 6.45) is 0.369. The van der Waals surface area contributed by atoms with Gasteiger partial charge in [-0.3, -0.25) is 10.1 Å². The molecule has 0 bridgehead atoms. The second kappa shape index (κ2) is 4.90. The number of hydrogen-bond acceptors (Lipinski definition) is 6. The molecule has 0 amide bonds. The average molecular weight is 284 g/mol. The molecule has 0 fully saturated rings. The van der Waals surface area contributed by atoms with E-state index >= 15 is 0 Å². The van der Waals surface area contributed by atoms with E-state index in [2.05, 4.69) is 10.3 Å². The zero-order chi connectivity index (χ0) is 14.2. The van der Waals surface area contributed by atoms with Gasteiger partial charge in [0, 0.05) is 17.8 Å². The van der Waals surface area contributed by atoms with Crippen LogP contribution in [-0.4, -0.2) is 33.7 Å². The molecule has 1 atom stereocenters. The Morgan fingerprint density at radius 3 is 2.74 bits per heavy atom. The van der Waals surface area contributed by atoms with E-state index in [-0.39, 0.29) is 11.0 Å². The molecule has 2 rings (SSSR count). The fraction of sp³-hybridized carbons (Fsp3) is 0.583. The van der Waals surface area contributed by atoms with Crippen LogP contribution in [0.25, 0.3) is 0 Å². The molecule has 7 heteroatoms. The predicted molar refractivity (Wildman–Crippen MR) is 69.3 cm³/mol. The lowest BCUT2D eigenvalue weighted by Crippen LogP contribution is -2.44. The Morgan fingerprint density at radius 2 is 2.16 bits per heavy atom. The molecule has 6 nitrogen and oxygen atoms in total. The summed E-state index contributed by atoms with van der Waals surface area (Å²) in [6.45, 7) is 5.88. The molecule has 0 radical (unpaired) electrons. The smallest absolute Gasteiger partial charge is 0.365 e. The number of esters is 1. The lowest BCUT2D eigenvalue weighted by Gasteiger charge is -2.26. The molecule has 1 unspecified atom stereocenters. The number of carboxylic acid groups (broad SMARTS) is 1. The zero-order valence-electron chi connectivity index (χ0n) is 11.0. The van der Waals surface area contributed by atoms with Crippen molar-refractivity contribution in [2.75, 3.05) is 0 Å². The van der Waals surface area contributed by atoms with Crippen LogP contribution in [0.3, 0.4) is 0 Å². The SMILES string of the molecule is CC(C)(C)OC(=O)C1Cc2nc(C(=O)O)sc2CN1. The number of rotatable bonds is 2. The maximum absolute atomic E-state index is 11.9. The lowest BCUT2D eigenvalue weighted by atomic mass is 10.1. The van der Waals surface area contributed by atoms with Gasteiger partial charge in [0.2, 0.25) is 5.01 Å². The largest absolute Gasteiger partial charge is 0.476 e. The molecule has 0 saturated carbocycles. The molecule has 0 saturated heterocycles. The number of thiazole rings is 1. The molecular weight excluding hydrogens is 268 g/mol. The van der Waals surface area contributed by atoms with Crippen molar-refractivity contribution in [3.63, 3.8) is 0 Å². The Kier molecular flexibility index (Phi) is 3.60. The molecule has 1 aromatic rings. The molecule has 0 spiro atoms. The first-order chi connectivity index (χ1) is 8.76. The Balaban J connectivity index is 2.09. The Bertz CT molecular complexity index is 518. The van der Waals surface area contributed by atoms with Crippen molar-refractivity contribution in [1.82, 2.24) is 10.3 Å². The normalized spacial score (nSPS) is 18.8. The quantitative estimate of drug-likeness (QED) is 0.793. The maximum atomic E-state index is 11.9. The van der Waals surface area contributed by atoms with Crippen molar-refractivity contribution >= 4 is 23.3 Å². The van der Waals surface area contributed by atoms with Crippen molar-refractivity contribution in [3.05, 3.63) is 15.6 Å². The number of carboxylic acids is 1. The van der Waals surface area contributed by atoms with Crippen molar-refractivity contribution in [3.8, 4) is 0 Å². The summed E-state index contributed by atoms with van der Waals surface area (Å²) in [5.74, 6) is -1.36. The van der Waals surface area contributed by atoms with Crippen LogP contribution in [0.5, 0.6) is 0 Å². The summed E-state index contributed by atoms with van der Waals surface area (Å²) in [4.78, 5) is 27.7. The third-order valence-corrected chi connectivity index (χ3v) is 3.64. The van der Waals surface area contributed by atoms with Crippen LogP contribution in [0.2, 0.25) is 0 Å². The van der Waals surface area contributed by atoms with Crippen LogP contribution in [0, 0.1) is 0 Å². The van der Waals surface area contributed by atoms with Gasteiger partial charge in [0.15, 0.2) is 0 Å². The van der Waals surface area contributed by atoms with Gasteiger partial charge in [0.05, 0.1) is 5.69 Å². The minimum atomic E-state index is -1.03. The molecule has 1 aliphatic rings. The van der Waals surface area contributed by atoms with Crippen molar-refractivity contribution in [1.29, 1.82) is 0 Å². The standard InChI is InChI=1S/C12H16N2O4S/c1-12(2,3)18-11(17)7-4-6-8(5-13-7)19-9(14-6)10(15)16/h7,13H,4-5H2,1-3H3,(H,15,16). The highest BCUT2D eigenvalue weighted by Crippen LogP contribution is 2.24. The second-order valence-electron chi connectivity index (χ2n) is 5.37. The number of nitrogens with one attached hydrogen (secondary N) is 1. The molecule has 104 valence electrons. The first-order valence-corrected chi connectivity index (χ1v) is 6.76. The van der Waals surface area contributed by atoms with E-state index in [1.165, 1.54) is 0 Å². The third-order valence-electron chi connectivity index (χ3n) is 2.56. The van der Waals surface area contributed by atoms with E-state index in [1.807, 2.05) is 20.8 Å². The van der Waals surface area contributed by atoms with E-state index < -0.39 is 17.6 Å². The highest BCUT2D eigenvalue weighted by atomic mass is 32.1. The minimum absolute atomic E-state index is 0.0663. The van der Waals surface area contributed by atoms with Gasteiger partial charge in [-0.2, -0.15) is 0 Å².